The third kappa shape index (κ3) is 2.24. The summed E-state index contributed by atoms with van der Waals surface area (Å²) in [5, 5.41) is 6.15. The molecule has 16 heavy (non-hydrogen) atoms. The number of hydrogen-bond donors (Lipinski definition) is 1. The van der Waals surface area contributed by atoms with E-state index in [9.17, 15) is 13.2 Å². The van der Waals surface area contributed by atoms with Crippen LogP contribution in [0.4, 0.5) is 0 Å². The van der Waals surface area contributed by atoms with Crippen molar-refractivity contribution in [3.05, 3.63) is 17.5 Å². The van der Waals surface area contributed by atoms with Crippen molar-refractivity contribution in [1.82, 2.24) is 10.5 Å². The van der Waals surface area contributed by atoms with Crippen molar-refractivity contribution >= 4 is 15.7 Å². The number of aryl methyl sites for hydroxylation is 1. The quantitative estimate of drug-likeness (QED) is 0.784. The summed E-state index contributed by atoms with van der Waals surface area (Å²) in [6.45, 7) is 1.63. The van der Waals surface area contributed by atoms with E-state index in [1.54, 1.807) is 6.92 Å². The molecular weight excluding hydrogens is 232 g/mol. The lowest BCUT2D eigenvalue weighted by molar-refractivity contribution is 0.0939. The van der Waals surface area contributed by atoms with Crippen molar-refractivity contribution in [2.75, 3.05) is 11.5 Å². The molecule has 7 heteroatoms. The highest BCUT2D eigenvalue weighted by molar-refractivity contribution is 7.91. The van der Waals surface area contributed by atoms with Crippen LogP contribution in [0.25, 0.3) is 0 Å². The van der Waals surface area contributed by atoms with Crippen LogP contribution in [-0.4, -0.2) is 37.0 Å². The van der Waals surface area contributed by atoms with E-state index in [4.69, 9.17) is 4.52 Å². The smallest absolute Gasteiger partial charge is 0.256 e. The molecule has 1 aliphatic rings. The molecule has 0 spiro atoms. The molecule has 1 unspecified atom stereocenters. The van der Waals surface area contributed by atoms with Gasteiger partial charge >= 0.3 is 0 Å². The molecule has 6 nitrogen and oxygen atoms in total. The lowest BCUT2D eigenvalue weighted by atomic mass is 10.2. The van der Waals surface area contributed by atoms with Crippen molar-refractivity contribution in [3.63, 3.8) is 0 Å². The summed E-state index contributed by atoms with van der Waals surface area (Å²) in [7, 11) is -2.97. The summed E-state index contributed by atoms with van der Waals surface area (Å²) in [4.78, 5) is 11.7. The zero-order chi connectivity index (χ0) is 11.8. The Morgan fingerprint density at radius 3 is 2.88 bits per heavy atom. The van der Waals surface area contributed by atoms with Gasteiger partial charge in [-0.2, -0.15) is 0 Å². The molecular formula is C9H12N2O4S. The topological polar surface area (TPSA) is 89.3 Å². The van der Waals surface area contributed by atoms with Crippen LogP contribution in [0.5, 0.6) is 0 Å². The van der Waals surface area contributed by atoms with E-state index in [1.165, 1.54) is 6.20 Å². The average molecular weight is 244 g/mol. The molecule has 0 aromatic carbocycles. The van der Waals surface area contributed by atoms with Crippen molar-refractivity contribution < 1.29 is 17.7 Å². The highest BCUT2D eigenvalue weighted by Crippen LogP contribution is 2.13. The predicted octanol–water partition coefficient (Wildman–Crippen LogP) is -0.100. The highest BCUT2D eigenvalue weighted by atomic mass is 32.2. The van der Waals surface area contributed by atoms with Crippen LogP contribution in [0.2, 0.25) is 0 Å². The first-order valence-corrected chi connectivity index (χ1v) is 6.72. The lowest BCUT2D eigenvalue weighted by Gasteiger charge is -2.09. The van der Waals surface area contributed by atoms with Gasteiger partial charge in [0.1, 0.15) is 11.3 Å². The van der Waals surface area contributed by atoms with E-state index in [1.807, 2.05) is 0 Å². The molecule has 88 valence electrons. The molecule has 0 saturated carbocycles. The number of carbonyl (C=O) groups is 1. The van der Waals surface area contributed by atoms with E-state index in [0.717, 1.165) is 0 Å². The fourth-order valence-electron chi connectivity index (χ4n) is 1.69. The van der Waals surface area contributed by atoms with E-state index in [2.05, 4.69) is 10.5 Å². The third-order valence-corrected chi connectivity index (χ3v) is 4.33. The van der Waals surface area contributed by atoms with E-state index in [-0.39, 0.29) is 23.5 Å². The van der Waals surface area contributed by atoms with Crippen molar-refractivity contribution in [3.8, 4) is 0 Å². The number of nitrogens with zero attached hydrogens (tertiary/aromatic N) is 1. The second kappa shape index (κ2) is 3.89. The molecule has 0 bridgehead atoms. The highest BCUT2D eigenvalue weighted by Gasteiger charge is 2.29. The first kappa shape index (κ1) is 11.1. The van der Waals surface area contributed by atoms with Gasteiger partial charge in [-0.3, -0.25) is 4.79 Å². The van der Waals surface area contributed by atoms with Crippen LogP contribution in [0.15, 0.2) is 10.7 Å². The van der Waals surface area contributed by atoms with E-state index in [0.29, 0.717) is 17.7 Å². The predicted molar refractivity (Wildman–Crippen MR) is 55.8 cm³/mol. The summed E-state index contributed by atoms with van der Waals surface area (Å²) >= 11 is 0. The van der Waals surface area contributed by atoms with Gasteiger partial charge in [0, 0.05) is 6.04 Å². The molecule has 1 aromatic heterocycles. The Labute approximate surface area is 92.9 Å². The maximum Gasteiger partial charge on any atom is 0.256 e. The first-order valence-electron chi connectivity index (χ1n) is 4.90. The molecule has 1 atom stereocenters. The van der Waals surface area contributed by atoms with Crippen LogP contribution >= 0.6 is 0 Å². The first-order chi connectivity index (χ1) is 7.48. The van der Waals surface area contributed by atoms with E-state index >= 15 is 0 Å². The molecule has 2 rings (SSSR count). The summed E-state index contributed by atoms with van der Waals surface area (Å²) in [6.07, 6.45) is 1.80. The number of hydrogen-bond acceptors (Lipinski definition) is 5. The molecule has 0 aliphatic carbocycles. The van der Waals surface area contributed by atoms with Crippen LogP contribution in [0, 0.1) is 6.92 Å². The fraction of sp³-hybridized carbons (Fsp3) is 0.556. The minimum Gasteiger partial charge on any atom is -0.361 e. The van der Waals surface area contributed by atoms with E-state index < -0.39 is 9.84 Å². The second-order valence-electron chi connectivity index (χ2n) is 3.87. The maximum atomic E-state index is 11.7. The Balaban J connectivity index is 2.02. The van der Waals surface area contributed by atoms with Gasteiger partial charge in [-0.05, 0) is 13.3 Å². The molecule has 2 heterocycles. The molecule has 1 fully saturated rings. The Bertz CT molecular complexity index is 505. The maximum absolute atomic E-state index is 11.7. The van der Waals surface area contributed by atoms with Crippen LogP contribution in [-0.2, 0) is 9.84 Å². The molecule has 1 aliphatic heterocycles. The number of aromatic nitrogens is 1. The van der Waals surface area contributed by atoms with Crippen molar-refractivity contribution in [1.29, 1.82) is 0 Å². The van der Waals surface area contributed by atoms with Gasteiger partial charge in [0.15, 0.2) is 9.84 Å². The van der Waals surface area contributed by atoms with Crippen LogP contribution in [0.3, 0.4) is 0 Å². The second-order valence-corrected chi connectivity index (χ2v) is 6.10. The van der Waals surface area contributed by atoms with Gasteiger partial charge in [0.25, 0.3) is 5.91 Å². The van der Waals surface area contributed by atoms with Gasteiger partial charge in [-0.25, -0.2) is 8.42 Å². The third-order valence-electron chi connectivity index (χ3n) is 2.56. The summed E-state index contributed by atoms with van der Waals surface area (Å²) in [5.74, 6) is 0.253. The Kier molecular flexibility index (Phi) is 2.71. The van der Waals surface area contributed by atoms with Crippen LogP contribution < -0.4 is 5.32 Å². The van der Waals surface area contributed by atoms with Gasteiger partial charge in [0.05, 0.1) is 17.7 Å². The lowest BCUT2D eigenvalue weighted by Crippen LogP contribution is -2.35. The van der Waals surface area contributed by atoms with Gasteiger partial charge in [0.2, 0.25) is 0 Å². The van der Waals surface area contributed by atoms with Crippen LogP contribution in [0.1, 0.15) is 22.5 Å². The van der Waals surface area contributed by atoms with Crippen molar-refractivity contribution in [2.45, 2.75) is 19.4 Å². The monoisotopic (exact) mass is 244 g/mol. The zero-order valence-electron chi connectivity index (χ0n) is 8.76. The van der Waals surface area contributed by atoms with Gasteiger partial charge in [-0.1, -0.05) is 5.16 Å². The molecule has 1 saturated heterocycles. The van der Waals surface area contributed by atoms with Gasteiger partial charge in [-0.15, -0.1) is 0 Å². The Hall–Kier alpha value is -1.37. The minimum absolute atomic E-state index is 0.0169. The van der Waals surface area contributed by atoms with Gasteiger partial charge < -0.3 is 9.84 Å². The number of rotatable bonds is 2. The zero-order valence-corrected chi connectivity index (χ0v) is 9.58. The summed E-state index contributed by atoms with van der Waals surface area (Å²) in [6, 6.07) is -0.299. The minimum atomic E-state index is -2.97. The standard InChI is InChI=1S/C9H12N2O4S/c1-6-8(4-10-15-6)9(12)11-7-2-3-16(13,14)5-7/h4,7H,2-3,5H2,1H3,(H,11,12). The summed E-state index contributed by atoms with van der Waals surface area (Å²) in [5.41, 5.74) is 0.351. The largest absolute Gasteiger partial charge is 0.361 e. The number of carbonyl (C=O) groups excluding carboxylic acids is 1. The molecule has 1 N–H and O–H groups in total. The average Bonchev–Trinajstić information content (AvgIpc) is 2.72. The summed E-state index contributed by atoms with van der Waals surface area (Å²) < 4.78 is 27.1. The van der Waals surface area contributed by atoms with Crippen molar-refractivity contribution in [2.24, 2.45) is 0 Å². The normalized spacial score (nSPS) is 23.2. The number of amides is 1. The Morgan fingerprint density at radius 1 is 1.62 bits per heavy atom. The molecule has 1 amide bonds. The SMILES string of the molecule is Cc1oncc1C(=O)NC1CCS(=O)(=O)C1. The molecule has 1 aromatic rings. The fourth-order valence-corrected chi connectivity index (χ4v) is 3.36. The number of sulfone groups is 1. The molecule has 0 radical (unpaired) electrons. The number of nitrogens with one attached hydrogen (secondary N) is 1. The Morgan fingerprint density at radius 2 is 2.38 bits per heavy atom.